The lowest BCUT2D eigenvalue weighted by Gasteiger charge is -2.09. The Hall–Kier alpha value is -1.26. The first-order valence-electron chi connectivity index (χ1n) is 4.85. The Morgan fingerprint density at radius 3 is 2.94 bits per heavy atom. The van der Waals surface area contributed by atoms with Crippen molar-refractivity contribution in [2.75, 3.05) is 11.1 Å². The summed E-state index contributed by atoms with van der Waals surface area (Å²) in [6.45, 7) is 2.62. The first kappa shape index (κ1) is 11.2. The van der Waals surface area contributed by atoms with Crippen molar-refractivity contribution in [1.82, 2.24) is 4.98 Å². The SMILES string of the molecule is Cc1csc(CNc2c(N)cccc2Cl)n1. The molecule has 1 aromatic heterocycles. The number of thiazole rings is 1. The second-order valence-electron chi connectivity index (χ2n) is 3.44. The number of rotatable bonds is 3. The third-order valence-electron chi connectivity index (χ3n) is 2.13. The van der Waals surface area contributed by atoms with E-state index in [-0.39, 0.29) is 0 Å². The van der Waals surface area contributed by atoms with E-state index in [2.05, 4.69) is 10.3 Å². The molecule has 2 rings (SSSR count). The summed E-state index contributed by atoms with van der Waals surface area (Å²) in [5, 5.41) is 6.88. The first-order valence-corrected chi connectivity index (χ1v) is 6.11. The zero-order chi connectivity index (χ0) is 11.5. The van der Waals surface area contributed by atoms with Gasteiger partial charge in [0.2, 0.25) is 0 Å². The Morgan fingerprint density at radius 2 is 2.31 bits per heavy atom. The molecule has 0 saturated carbocycles. The number of benzene rings is 1. The van der Waals surface area contributed by atoms with Crippen molar-refractivity contribution in [3.8, 4) is 0 Å². The number of aromatic nitrogens is 1. The van der Waals surface area contributed by atoms with Crippen LogP contribution in [0.4, 0.5) is 11.4 Å². The minimum Gasteiger partial charge on any atom is -0.397 e. The highest BCUT2D eigenvalue weighted by Crippen LogP contribution is 2.28. The number of nitrogens with one attached hydrogen (secondary N) is 1. The zero-order valence-corrected chi connectivity index (χ0v) is 10.4. The lowest BCUT2D eigenvalue weighted by atomic mass is 10.2. The van der Waals surface area contributed by atoms with Crippen LogP contribution in [0.15, 0.2) is 23.6 Å². The molecular weight excluding hydrogens is 242 g/mol. The monoisotopic (exact) mass is 253 g/mol. The summed E-state index contributed by atoms with van der Waals surface area (Å²) in [5.41, 5.74) is 8.29. The van der Waals surface area contributed by atoms with Crippen molar-refractivity contribution in [3.63, 3.8) is 0 Å². The summed E-state index contributed by atoms with van der Waals surface area (Å²) < 4.78 is 0. The van der Waals surface area contributed by atoms with Gasteiger partial charge >= 0.3 is 0 Å². The maximum atomic E-state index is 6.04. The fraction of sp³-hybridized carbons (Fsp3) is 0.182. The average molecular weight is 254 g/mol. The van der Waals surface area contributed by atoms with Crippen molar-refractivity contribution in [1.29, 1.82) is 0 Å². The number of nitrogens with zero attached hydrogens (tertiary/aromatic N) is 1. The summed E-state index contributed by atoms with van der Waals surface area (Å²) >= 11 is 7.66. The van der Waals surface area contributed by atoms with E-state index in [9.17, 15) is 0 Å². The largest absolute Gasteiger partial charge is 0.397 e. The van der Waals surface area contributed by atoms with Crippen LogP contribution in [0.2, 0.25) is 5.02 Å². The molecule has 3 nitrogen and oxygen atoms in total. The minimum absolute atomic E-state index is 0.633. The normalized spacial score (nSPS) is 10.4. The van der Waals surface area contributed by atoms with E-state index in [1.54, 1.807) is 11.3 Å². The molecule has 0 spiro atoms. The van der Waals surface area contributed by atoms with E-state index in [0.717, 1.165) is 16.4 Å². The predicted octanol–water partition coefficient (Wildman–Crippen LogP) is 3.30. The highest BCUT2D eigenvalue weighted by molar-refractivity contribution is 7.09. The molecule has 0 aliphatic carbocycles. The molecule has 2 aromatic rings. The van der Waals surface area contributed by atoms with E-state index >= 15 is 0 Å². The molecule has 0 saturated heterocycles. The second kappa shape index (κ2) is 4.72. The van der Waals surface area contributed by atoms with Gasteiger partial charge in [0.05, 0.1) is 22.9 Å². The van der Waals surface area contributed by atoms with Crippen molar-refractivity contribution in [2.45, 2.75) is 13.5 Å². The van der Waals surface area contributed by atoms with E-state index in [4.69, 9.17) is 17.3 Å². The molecule has 0 atom stereocenters. The molecule has 3 N–H and O–H groups in total. The Bertz CT molecular complexity index is 475. The van der Waals surface area contributed by atoms with Gasteiger partial charge in [-0.2, -0.15) is 0 Å². The molecule has 0 bridgehead atoms. The van der Waals surface area contributed by atoms with E-state index < -0.39 is 0 Å². The topological polar surface area (TPSA) is 50.9 Å². The molecule has 0 fully saturated rings. The van der Waals surface area contributed by atoms with Crippen molar-refractivity contribution in [2.24, 2.45) is 0 Å². The van der Waals surface area contributed by atoms with Crippen LogP contribution in [-0.4, -0.2) is 4.98 Å². The molecule has 0 aliphatic rings. The number of hydrogen-bond acceptors (Lipinski definition) is 4. The number of aryl methyl sites for hydroxylation is 1. The van der Waals surface area contributed by atoms with Gasteiger partial charge in [0.15, 0.2) is 0 Å². The summed E-state index contributed by atoms with van der Waals surface area (Å²) in [6, 6.07) is 5.46. The third-order valence-corrected chi connectivity index (χ3v) is 3.41. The Kier molecular flexibility index (Phi) is 3.31. The lowest BCUT2D eigenvalue weighted by molar-refractivity contribution is 1.08. The van der Waals surface area contributed by atoms with Crippen LogP contribution < -0.4 is 11.1 Å². The molecule has 16 heavy (non-hydrogen) atoms. The van der Waals surface area contributed by atoms with E-state index in [1.165, 1.54) is 0 Å². The van der Waals surface area contributed by atoms with Gasteiger partial charge in [-0.3, -0.25) is 0 Å². The van der Waals surface area contributed by atoms with Crippen molar-refractivity contribution < 1.29 is 0 Å². The van der Waals surface area contributed by atoms with Gasteiger partial charge in [0.25, 0.3) is 0 Å². The Balaban J connectivity index is 2.10. The summed E-state index contributed by atoms with van der Waals surface area (Å²) in [6.07, 6.45) is 0. The number of nitrogens with two attached hydrogens (primary N) is 1. The fourth-order valence-corrected chi connectivity index (χ4v) is 2.34. The number of para-hydroxylation sites is 1. The predicted molar refractivity (Wildman–Crippen MR) is 70.0 cm³/mol. The van der Waals surface area contributed by atoms with E-state index in [0.29, 0.717) is 17.3 Å². The first-order chi connectivity index (χ1) is 7.66. The minimum atomic E-state index is 0.633. The van der Waals surface area contributed by atoms with Gasteiger partial charge in [-0.25, -0.2) is 4.98 Å². The summed E-state index contributed by atoms with van der Waals surface area (Å²) in [7, 11) is 0. The molecule has 0 amide bonds. The van der Waals surface area contributed by atoms with Crippen LogP contribution in [-0.2, 0) is 6.54 Å². The molecule has 0 radical (unpaired) electrons. The van der Waals surface area contributed by atoms with Crippen LogP contribution in [0.25, 0.3) is 0 Å². The number of hydrogen-bond donors (Lipinski definition) is 2. The standard InChI is InChI=1S/C11H12ClN3S/c1-7-6-16-10(15-7)5-14-11-8(12)3-2-4-9(11)13/h2-4,6,14H,5,13H2,1H3. The van der Waals surface area contributed by atoms with Gasteiger partial charge in [0, 0.05) is 11.1 Å². The van der Waals surface area contributed by atoms with Gasteiger partial charge in [0.1, 0.15) is 5.01 Å². The van der Waals surface area contributed by atoms with Gasteiger partial charge < -0.3 is 11.1 Å². The number of halogens is 1. The van der Waals surface area contributed by atoms with Crippen LogP contribution in [0.3, 0.4) is 0 Å². The summed E-state index contributed by atoms with van der Waals surface area (Å²) in [4.78, 5) is 4.36. The maximum absolute atomic E-state index is 6.04. The highest BCUT2D eigenvalue weighted by atomic mass is 35.5. The highest BCUT2D eigenvalue weighted by Gasteiger charge is 2.05. The van der Waals surface area contributed by atoms with Crippen molar-refractivity contribution >= 4 is 34.3 Å². The maximum Gasteiger partial charge on any atom is 0.112 e. The molecule has 5 heteroatoms. The average Bonchev–Trinajstić information content (AvgIpc) is 2.63. The van der Waals surface area contributed by atoms with Crippen LogP contribution in [0.5, 0.6) is 0 Å². The van der Waals surface area contributed by atoms with E-state index in [1.807, 2.05) is 30.5 Å². The second-order valence-corrected chi connectivity index (χ2v) is 4.79. The van der Waals surface area contributed by atoms with Gasteiger partial charge in [-0.05, 0) is 19.1 Å². The molecule has 84 valence electrons. The molecule has 0 unspecified atom stereocenters. The van der Waals surface area contributed by atoms with Gasteiger partial charge in [-0.15, -0.1) is 11.3 Å². The Labute approximate surface area is 103 Å². The van der Waals surface area contributed by atoms with Crippen LogP contribution in [0, 0.1) is 6.92 Å². The fourth-order valence-electron chi connectivity index (χ4n) is 1.38. The smallest absolute Gasteiger partial charge is 0.112 e. The molecule has 1 aromatic carbocycles. The lowest BCUT2D eigenvalue weighted by Crippen LogP contribution is -2.02. The van der Waals surface area contributed by atoms with Crippen LogP contribution >= 0.6 is 22.9 Å². The van der Waals surface area contributed by atoms with Crippen LogP contribution in [0.1, 0.15) is 10.7 Å². The number of nitrogen functional groups attached to an aromatic ring is 1. The zero-order valence-electron chi connectivity index (χ0n) is 8.83. The Morgan fingerprint density at radius 1 is 1.50 bits per heavy atom. The summed E-state index contributed by atoms with van der Waals surface area (Å²) in [5.74, 6) is 0. The molecule has 1 heterocycles. The third kappa shape index (κ3) is 2.46. The quantitative estimate of drug-likeness (QED) is 0.826. The molecular formula is C11H12ClN3S. The van der Waals surface area contributed by atoms with Crippen molar-refractivity contribution in [3.05, 3.63) is 39.3 Å². The van der Waals surface area contributed by atoms with Gasteiger partial charge in [-0.1, -0.05) is 17.7 Å². The molecule has 0 aliphatic heterocycles. The number of anilines is 2.